The number of esters is 1. The Kier molecular flexibility index (Phi) is 6.43. The number of hydrogen-bond acceptors (Lipinski definition) is 2. The van der Waals surface area contributed by atoms with Crippen LogP contribution in [0.2, 0.25) is 0 Å². The van der Waals surface area contributed by atoms with E-state index in [1.165, 1.54) is 33.9 Å². The molecule has 3 rings (SSSR count). The summed E-state index contributed by atoms with van der Waals surface area (Å²) in [6, 6.07) is 17.5. The van der Waals surface area contributed by atoms with Crippen molar-refractivity contribution in [2.24, 2.45) is 0 Å². The van der Waals surface area contributed by atoms with Gasteiger partial charge in [-0.3, -0.25) is 0 Å². The molecule has 0 saturated carbocycles. The maximum atomic E-state index is 11.0. The molecule has 2 nitrogen and oxygen atoms in total. The molecule has 0 spiro atoms. The van der Waals surface area contributed by atoms with Crippen molar-refractivity contribution in [1.82, 2.24) is 0 Å². The number of hydrogen-bond donors (Lipinski definition) is 0. The van der Waals surface area contributed by atoms with Gasteiger partial charge in [0.05, 0.1) is 6.61 Å². The van der Waals surface area contributed by atoms with Gasteiger partial charge >= 0.3 is 5.97 Å². The van der Waals surface area contributed by atoms with Crippen LogP contribution in [0.25, 0.3) is 11.6 Å². The Morgan fingerprint density at radius 2 is 1.88 bits per heavy atom. The van der Waals surface area contributed by atoms with Crippen LogP contribution >= 0.6 is 0 Å². The van der Waals surface area contributed by atoms with Crippen LogP contribution in [0.5, 0.6) is 0 Å². The molecule has 0 aromatic heterocycles. The highest BCUT2D eigenvalue weighted by Crippen LogP contribution is 2.31. The van der Waals surface area contributed by atoms with Crippen LogP contribution in [0.1, 0.15) is 47.9 Å². The Morgan fingerprint density at radius 1 is 1.04 bits per heavy atom. The lowest BCUT2D eigenvalue weighted by Gasteiger charge is -2.18. The largest absolute Gasteiger partial charge is 0.463 e. The van der Waals surface area contributed by atoms with Crippen molar-refractivity contribution in [2.75, 3.05) is 6.61 Å². The number of benzene rings is 2. The second kappa shape index (κ2) is 9.19. The third-order valence-electron chi connectivity index (χ3n) is 4.87. The summed E-state index contributed by atoms with van der Waals surface area (Å²) < 4.78 is 5.00. The predicted molar refractivity (Wildman–Crippen MR) is 108 cm³/mol. The van der Waals surface area contributed by atoms with Gasteiger partial charge in [-0.25, -0.2) is 4.79 Å². The van der Waals surface area contributed by atoms with Crippen molar-refractivity contribution in [1.29, 1.82) is 0 Å². The topological polar surface area (TPSA) is 26.3 Å². The molecule has 0 amide bonds. The number of aryl methyl sites for hydroxylation is 2. The third kappa shape index (κ3) is 4.95. The lowest BCUT2D eigenvalue weighted by molar-refractivity contribution is -0.137. The standard InChI is InChI=1S/C24H26O2/c1-2-24(25)26-16-8-4-5-9-19-12-13-23-18-22(15-14-21(23)17-19)20-10-6-3-7-11-20/h2-3,6-7,10-13,17-18H,1,4-5,8-9,14-16H2. The Labute approximate surface area is 156 Å². The zero-order chi connectivity index (χ0) is 18.2. The Bertz CT molecular complexity index is 787. The minimum Gasteiger partial charge on any atom is -0.463 e. The molecule has 0 heterocycles. The molecule has 0 unspecified atom stereocenters. The lowest BCUT2D eigenvalue weighted by Crippen LogP contribution is -2.02. The van der Waals surface area contributed by atoms with Gasteiger partial charge in [-0.05, 0) is 66.4 Å². The van der Waals surface area contributed by atoms with Crippen molar-refractivity contribution in [3.63, 3.8) is 0 Å². The quantitative estimate of drug-likeness (QED) is 0.352. The van der Waals surface area contributed by atoms with Crippen molar-refractivity contribution >= 4 is 17.6 Å². The Balaban J connectivity index is 1.51. The molecule has 1 aliphatic carbocycles. The van der Waals surface area contributed by atoms with E-state index < -0.39 is 0 Å². The van der Waals surface area contributed by atoms with Crippen molar-refractivity contribution in [3.05, 3.63) is 83.4 Å². The van der Waals surface area contributed by atoms with Crippen LogP contribution in [0.3, 0.4) is 0 Å². The maximum Gasteiger partial charge on any atom is 0.330 e. The van der Waals surface area contributed by atoms with Gasteiger partial charge in [-0.1, -0.05) is 61.2 Å². The number of unbranched alkanes of at least 4 members (excludes halogenated alkanes) is 2. The van der Waals surface area contributed by atoms with E-state index in [0.717, 1.165) is 38.5 Å². The molecule has 0 fully saturated rings. The van der Waals surface area contributed by atoms with E-state index in [-0.39, 0.29) is 5.97 Å². The molecule has 0 bridgehead atoms. The van der Waals surface area contributed by atoms with E-state index in [2.05, 4.69) is 61.2 Å². The highest BCUT2D eigenvalue weighted by atomic mass is 16.5. The monoisotopic (exact) mass is 346 g/mol. The normalized spacial score (nSPS) is 12.8. The number of rotatable bonds is 8. The zero-order valence-electron chi connectivity index (χ0n) is 15.2. The first-order valence-electron chi connectivity index (χ1n) is 9.43. The number of fused-ring (bicyclic) bond motifs is 1. The maximum absolute atomic E-state index is 11.0. The van der Waals surface area contributed by atoms with Crippen molar-refractivity contribution < 1.29 is 9.53 Å². The Hall–Kier alpha value is -2.61. The van der Waals surface area contributed by atoms with Crippen LogP contribution < -0.4 is 0 Å². The fourth-order valence-corrected chi connectivity index (χ4v) is 3.42. The van der Waals surface area contributed by atoms with Crippen LogP contribution in [-0.2, 0) is 22.4 Å². The summed E-state index contributed by atoms with van der Waals surface area (Å²) in [5, 5.41) is 0. The van der Waals surface area contributed by atoms with Gasteiger partial charge in [0.1, 0.15) is 0 Å². The molecule has 0 radical (unpaired) electrons. The molecule has 0 aliphatic heterocycles. The first-order chi connectivity index (χ1) is 12.8. The van der Waals surface area contributed by atoms with Gasteiger partial charge < -0.3 is 4.74 Å². The second-order valence-electron chi connectivity index (χ2n) is 6.75. The van der Waals surface area contributed by atoms with Crippen molar-refractivity contribution in [2.45, 2.75) is 38.5 Å². The third-order valence-corrected chi connectivity index (χ3v) is 4.87. The summed E-state index contributed by atoms with van der Waals surface area (Å²) >= 11 is 0. The molecule has 26 heavy (non-hydrogen) atoms. The molecule has 2 aromatic carbocycles. The molecule has 0 N–H and O–H groups in total. The van der Waals surface area contributed by atoms with Gasteiger partial charge in [0.2, 0.25) is 0 Å². The summed E-state index contributed by atoms with van der Waals surface area (Å²) in [4.78, 5) is 11.0. The number of ether oxygens (including phenoxy) is 1. The van der Waals surface area contributed by atoms with Crippen LogP contribution in [-0.4, -0.2) is 12.6 Å². The second-order valence-corrected chi connectivity index (χ2v) is 6.75. The van der Waals surface area contributed by atoms with Gasteiger partial charge in [-0.2, -0.15) is 0 Å². The first kappa shape index (κ1) is 18.2. The highest BCUT2D eigenvalue weighted by molar-refractivity contribution is 5.84. The first-order valence-corrected chi connectivity index (χ1v) is 9.43. The minimum absolute atomic E-state index is 0.331. The molecule has 1 aliphatic rings. The van der Waals surface area contributed by atoms with Gasteiger partial charge in [-0.15, -0.1) is 0 Å². The molecule has 0 saturated heterocycles. The average molecular weight is 346 g/mol. The van der Waals surface area contributed by atoms with E-state index in [4.69, 9.17) is 4.74 Å². The SMILES string of the molecule is C=CC(=O)OCCCCCc1ccc2c(c1)CCC(c1ccccc1)=C2. The fourth-order valence-electron chi connectivity index (χ4n) is 3.42. The molecule has 2 heteroatoms. The summed E-state index contributed by atoms with van der Waals surface area (Å²) in [7, 11) is 0. The van der Waals surface area contributed by atoms with E-state index in [1.54, 1.807) is 0 Å². The number of allylic oxidation sites excluding steroid dienone is 1. The minimum atomic E-state index is -0.331. The summed E-state index contributed by atoms with van der Waals surface area (Å²) in [5.41, 5.74) is 6.99. The number of carbonyl (C=O) groups is 1. The Morgan fingerprint density at radius 3 is 2.69 bits per heavy atom. The molecular formula is C24H26O2. The van der Waals surface area contributed by atoms with Gasteiger partial charge in [0.25, 0.3) is 0 Å². The van der Waals surface area contributed by atoms with Crippen LogP contribution in [0.4, 0.5) is 0 Å². The zero-order valence-corrected chi connectivity index (χ0v) is 15.2. The predicted octanol–water partition coefficient (Wildman–Crippen LogP) is 5.62. The lowest BCUT2D eigenvalue weighted by atomic mass is 9.87. The van der Waals surface area contributed by atoms with E-state index >= 15 is 0 Å². The van der Waals surface area contributed by atoms with Gasteiger partial charge in [0, 0.05) is 6.08 Å². The molecular weight excluding hydrogens is 320 g/mol. The van der Waals surface area contributed by atoms with E-state index in [1.807, 2.05) is 0 Å². The van der Waals surface area contributed by atoms with Crippen LogP contribution in [0.15, 0.2) is 61.2 Å². The summed E-state index contributed by atoms with van der Waals surface area (Å²) in [6.07, 6.45) is 9.95. The summed E-state index contributed by atoms with van der Waals surface area (Å²) in [6.45, 7) is 3.88. The van der Waals surface area contributed by atoms with Crippen molar-refractivity contribution in [3.8, 4) is 0 Å². The average Bonchev–Trinajstić information content (AvgIpc) is 2.70. The highest BCUT2D eigenvalue weighted by Gasteiger charge is 2.12. The van der Waals surface area contributed by atoms with E-state index in [0.29, 0.717) is 6.61 Å². The van der Waals surface area contributed by atoms with Gasteiger partial charge in [0.15, 0.2) is 0 Å². The fraction of sp³-hybridized carbons (Fsp3) is 0.292. The molecule has 2 aromatic rings. The number of carbonyl (C=O) groups excluding carboxylic acids is 1. The smallest absolute Gasteiger partial charge is 0.330 e. The molecule has 0 atom stereocenters. The molecule has 134 valence electrons. The van der Waals surface area contributed by atoms with Crippen LogP contribution in [0, 0.1) is 0 Å². The van der Waals surface area contributed by atoms with E-state index in [9.17, 15) is 4.79 Å². The summed E-state index contributed by atoms with van der Waals surface area (Å²) in [5.74, 6) is -0.331.